The van der Waals surface area contributed by atoms with Crippen molar-refractivity contribution in [2.24, 2.45) is 0 Å². The fourth-order valence-electron chi connectivity index (χ4n) is 1.59. The highest BCUT2D eigenvalue weighted by molar-refractivity contribution is 5.95. The van der Waals surface area contributed by atoms with Gasteiger partial charge in [0.05, 0.1) is 0 Å². The molecule has 0 aliphatic heterocycles. The van der Waals surface area contributed by atoms with Crippen LogP contribution in [0.3, 0.4) is 0 Å². The largest absolute Gasteiger partial charge is 0.292 e. The van der Waals surface area contributed by atoms with Crippen molar-refractivity contribution in [2.75, 3.05) is 0 Å². The third-order valence-corrected chi connectivity index (χ3v) is 2.51. The zero-order valence-corrected chi connectivity index (χ0v) is 9.48. The predicted molar refractivity (Wildman–Crippen MR) is 63.4 cm³/mol. The number of rotatable bonds is 3. The van der Waals surface area contributed by atoms with Gasteiger partial charge in [0.25, 0.3) is 0 Å². The number of aromatic nitrogens is 1. The van der Waals surface area contributed by atoms with Gasteiger partial charge in [-0.3, -0.25) is 9.78 Å². The number of hydrogen-bond acceptors (Lipinski definition) is 2. The van der Waals surface area contributed by atoms with Crippen LogP contribution in [0.1, 0.15) is 21.6 Å². The molecule has 0 saturated heterocycles. The lowest BCUT2D eigenvalue weighted by Crippen LogP contribution is -2.07. The van der Waals surface area contributed by atoms with Gasteiger partial charge in [0.2, 0.25) is 0 Å². The second-order valence-corrected chi connectivity index (χ2v) is 3.91. The molecule has 0 spiro atoms. The Morgan fingerprint density at radius 3 is 2.76 bits per heavy atom. The Morgan fingerprint density at radius 1 is 1.29 bits per heavy atom. The molecular weight excluding hydrogens is 217 g/mol. The maximum Gasteiger partial charge on any atom is 0.185 e. The number of Topliss-reactive ketones (excluding diaryl/α,β-unsaturated/α-hetero) is 1. The molecule has 17 heavy (non-hydrogen) atoms. The molecule has 0 aliphatic carbocycles. The van der Waals surface area contributed by atoms with Crippen molar-refractivity contribution in [3.05, 3.63) is 65.2 Å². The van der Waals surface area contributed by atoms with E-state index in [0.29, 0.717) is 11.3 Å². The number of halogens is 1. The van der Waals surface area contributed by atoms with E-state index in [0.717, 1.165) is 5.56 Å². The maximum atomic E-state index is 13.4. The average Bonchev–Trinajstić information content (AvgIpc) is 2.32. The molecule has 0 amide bonds. The van der Waals surface area contributed by atoms with Crippen LogP contribution in [0.15, 0.2) is 42.6 Å². The summed E-state index contributed by atoms with van der Waals surface area (Å²) in [7, 11) is 0. The lowest BCUT2D eigenvalue weighted by atomic mass is 10.1. The lowest BCUT2D eigenvalue weighted by molar-refractivity contribution is 0.0987. The Labute approximate surface area is 99.1 Å². The van der Waals surface area contributed by atoms with E-state index in [1.54, 1.807) is 30.5 Å². The molecule has 1 aromatic heterocycles. The molecule has 0 radical (unpaired) electrons. The molecule has 0 unspecified atom stereocenters. The quantitative estimate of drug-likeness (QED) is 0.757. The number of hydrogen-bond donors (Lipinski definition) is 0. The minimum Gasteiger partial charge on any atom is -0.292 e. The zero-order valence-electron chi connectivity index (χ0n) is 9.48. The van der Waals surface area contributed by atoms with Gasteiger partial charge in [0, 0.05) is 12.6 Å². The van der Waals surface area contributed by atoms with Crippen LogP contribution in [0.2, 0.25) is 0 Å². The molecule has 0 saturated carbocycles. The smallest absolute Gasteiger partial charge is 0.185 e. The van der Waals surface area contributed by atoms with Crippen LogP contribution in [0.25, 0.3) is 0 Å². The molecule has 0 N–H and O–H groups in total. The van der Waals surface area contributed by atoms with E-state index >= 15 is 0 Å². The van der Waals surface area contributed by atoms with Crippen LogP contribution in [-0.4, -0.2) is 10.8 Å². The summed E-state index contributed by atoms with van der Waals surface area (Å²) in [5.74, 6) is -0.521. The third kappa shape index (κ3) is 2.75. The molecule has 0 fully saturated rings. The third-order valence-electron chi connectivity index (χ3n) is 2.51. The minimum absolute atomic E-state index is 0.0448. The molecule has 2 nitrogen and oxygen atoms in total. The van der Waals surface area contributed by atoms with E-state index < -0.39 is 0 Å². The lowest BCUT2D eigenvalue weighted by Gasteiger charge is -2.02. The van der Waals surface area contributed by atoms with Gasteiger partial charge in [-0.15, -0.1) is 0 Å². The first-order valence-corrected chi connectivity index (χ1v) is 5.36. The molecule has 2 aromatic rings. The maximum absolute atomic E-state index is 13.4. The van der Waals surface area contributed by atoms with E-state index in [1.807, 2.05) is 13.0 Å². The van der Waals surface area contributed by atoms with Crippen molar-refractivity contribution in [3.8, 4) is 0 Å². The van der Waals surface area contributed by atoms with Gasteiger partial charge in [0.15, 0.2) is 5.78 Å². The van der Waals surface area contributed by atoms with Gasteiger partial charge in [-0.2, -0.15) is 0 Å². The van der Waals surface area contributed by atoms with Crippen molar-refractivity contribution in [1.29, 1.82) is 0 Å². The summed E-state index contributed by atoms with van der Waals surface area (Å²) in [5, 5.41) is 0. The SMILES string of the molecule is Cc1ccnc(C(=O)Cc2ccccc2F)c1. The Hall–Kier alpha value is -2.03. The molecule has 3 heteroatoms. The number of carbonyl (C=O) groups excluding carboxylic acids is 1. The van der Waals surface area contributed by atoms with Crippen molar-refractivity contribution in [1.82, 2.24) is 4.98 Å². The Kier molecular flexibility index (Phi) is 3.28. The highest BCUT2D eigenvalue weighted by Crippen LogP contribution is 2.10. The van der Waals surface area contributed by atoms with Crippen LogP contribution >= 0.6 is 0 Å². The van der Waals surface area contributed by atoms with Crippen LogP contribution in [-0.2, 0) is 6.42 Å². The summed E-state index contributed by atoms with van der Waals surface area (Å²) in [6.07, 6.45) is 1.63. The van der Waals surface area contributed by atoms with Crippen LogP contribution in [0.4, 0.5) is 4.39 Å². The van der Waals surface area contributed by atoms with Gasteiger partial charge in [-0.25, -0.2) is 4.39 Å². The monoisotopic (exact) mass is 229 g/mol. The van der Waals surface area contributed by atoms with Gasteiger partial charge in [-0.05, 0) is 36.2 Å². The van der Waals surface area contributed by atoms with E-state index in [9.17, 15) is 9.18 Å². The number of nitrogens with zero attached hydrogens (tertiary/aromatic N) is 1. The fraction of sp³-hybridized carbons (Fsp3) is 0.143. The van der Waals surface area contributed by atoms with E-state index in [1.165, 1.54) is 6.07 Å². The average molecular weight is 229 g/mol. The number of benzene rings is 1. The first-order valence-electron chi connectivity index (χ1n) is 5.36. The summed E-state index contributed by atoms with van der Waals surface area (Å²) in [6.45, 7) is 1.89. The Balaban J connectivity index is 2.20. The van der Waals surface area contributed by atoms with Gasteiger partial charge >= 0.3 is 0 Å². The summed E-state index contributed by atoms with van der Waals surface area (Å²) in [6, 6.07) is 9.82. The molecule has 1 aromatic carbocycles. The van der Waals surface area contributed by atoms with Crippen LogP contribution in [0.5, 0.6) is 0 Å². The second kappa shape index (κ2) is 4.87. The molecule has 0 aliphatic rings. The van der Waals surface area contributed by atoms with Crippen molar-refractivity contribution < 1.29 is 9.18 Å². The van der Waals surface area contributed by atoms with E-state index in [-0.39, 0.29) is 18.0 Å². The Bertz CT molecular complexity index is 551. The Morgan fingerprint density at radius 2 is 2.06 bits per heavy atom. The van der Waals surface area contributed by atoms with Crippen molar-refractivity contribution >= 4 is 5.78 Å². The molecule has 86 valence electrons. The number of ketones is 1. The molecule has 2 rings (SSSR count). The van der Waals surface area contributed by atoms with Gasteiger partial charge < -0.3 is 0 Å². The number of carbonyl (C=O) groups is 1. The zero-order chi connectivity index (χ0) is 12.3. The van der Waals surface area contributed by atoms with Crippen LogP contribution < -0.4 is 0 Å². The van der Waals surface area contributed by atoms with Crippen molar-refractivity contribution in [3.63, 3.8) is 0 Å². The summed E-state index contributed by atoms with van der Waals surface area (Å²) < 4.78 is 13.4. The van der Waals surface area contributed by atoms with E-state index in [2.05, 4.69) is 4.98 Å². The number of aryl methyl sites for hydroxylation is 1. The van der Waals surface area contributed by atoms with Gasteiger partial charge in [0.1, 0.15) is 11.5 Å². The highest BCUT2D eigenvalue weighted by atomic mass is 19.1. The minimum atomic E-state index is -0.353. The first-order chi connectivity index (χ1) is 8.16. The van der Waals surface area contributed by atoms with Crippen molar-refractivity contribution in [2.45, 2.75) is 13.3 Å². The normalized spacial score (nSPS) is 10.2. The topological polar surface area (TPSA) is 30.0 Å². The number of pyridine rings is 1. The summed E-state index contributed by atoms with van der Waals surface area (Å²) in [4.78, 5) is 15.9. The fourth-order valence-corrected chi connectivity index (χ4v) is 1.59. The summed E-state index contributed by atoms with van der Waals surface area (Å²) in [5.41, 5.74) is 1.76. The standard InChI is InChI=1S/C14H12FNO/c1-10-6-7-16-13(8-10)14(17)9-11-4-2-3-5-12(11)15/h2-8H,9H2,1H3. The van der Waals surface area contributed by atoms with Gasteiger partial charge in [-0.1, -0.05) is 18.2 Å². The summed E-state index contributed by atoms with van der Waals surface area (Å²) >= 11 is 0. The van der Waals surface area contributed by atoms with Crippen LogP contribution in [0, 0.1) is 12.7 Å². The molecule has 0 atom stereocenters. The molecule has 1 heterocycles. The highest BCUT2D eigenvalue weighted by Gasteiger charge is 2.11. The first kappa shape index (κ1) is 11.5. The molecule has 0 bridgehead atoms. The molecular formula is C14H12FNO. The second-order valence-electron chi connectivity index (χ2n) is 3.91. The van der Waals surface area contributed by atoms with E-state index in [4.69, 9.17) is 0 Å². The predicted octanol–water partition coefficient (Wildman–Crippen LogP) is 2.95.